The van der Waals surface area contributed by atoms with Gasteiger partial charge in [-0.1, -0.05) is 0 Å². The van der Waals surface area contributed by atoms with E-state index in [1.54, 1.807) is 0 Å². The predicted octanol–water partition coefficient (Wildman–Crippen LogP) is 3.15. The molecule has 27 heavy (non-hydrogen) atoms. The van der Waals surface area contributed by atoms with Gasteiger partial charge in [0.1, 0.15) is 0 Å². The van der Waals surface area contributed by atoms with Crippen molar-refractivity contribution in [2.75, 3.05) is 7.05 Å². The van der Waals surface area contributed by atoms with Gasteiger partial charge in [0.25, 0.3) is 5.91 Å². The van der Waals surface area contributed by atoms with Crippen LogP contribution in [0.1, 0.15) is 38.5 Å². The molecule has 0 spiro atoms. The van der Waals surface area contributed by atoms with E-state index in [1.165, 1.54) is 0 Å². The zero-order chi connectivity index (χ0) is 20.3. The summed E-state index contributed by atoms with van der Waals surface area (Å²) >= 11 is -1.35. The number of nitrogens with zero attached hydrogens (tertiary/aromatic N) is 1. The van der Waals surface area contributed by atoms with E-state index in [-0.39, 0.29) is 17.8 Å². The van der Waals surface area contributed by atoms with Crippen LogP contribution in [-0.2, 0) is 14.2 Å². The molecule has 0 unspecified atom stereocenters. The van der Waals surface area contributed by atoms with Gasteiger partial charge in [0, 0.05) is 12.6 Å². The highest BCUT2D eigenvalue weighted by atomic mass is 32.2. The molecule has 4 saturated carbocycles. The highest BCUT2D eigenvalue weighted by molar-refractivity contribution is 7.97. The number of alkyl halides is 6. The van der Waals surface area contributed by atoms with E-state index >= 15 is 0 Å². The van der Waals surface area contributed by atoms with Crippen molar-refractivity contribution in [3.63, 3.8) is 0 Å². The van der Waals surface area contributed by atoms with E-state index in [4.69, 9.17) is 0 Å². The quantitative estimate of drug-likeness (QED) is 0.295. The van der Waals surface area contributed by atoms with Gasteiger partial charge in [0.2, 0.25) is 0 Å². The molecule has 4 aliphatic rings. The van der Waals surface area contributed by atoms with Crippen molar-refractivity contribution in [1.82, 2.24) is 4.90 Å². The van der Waals surface area contributed by atoms with Crippen LogP contribution in [0.3, 0.4) is 0 Å². The molecule has 4 aliphatic carbocycles. The zero-order valence-electron chi connectivity index (χ0n) is 14.2. The lowest BCUT2D eigenvalue weighted by Gasteiger charge is -2.60. The second-order valence-corrected chi connectivity index (χ2v) is 8.82. The second kappa shape index (κ2) is 6.67. The Morgan fingerprint density at radius 3 is 1.74 bits per heavy atom. The van der Waals surface area contributed by atoms with Gasteiger partial charge in [0.15, 0.2) is 0 Å². The van der Waals surface area contributed by atoms with Crippen LogP contribution in [0.5, 0.6) is 0 Å². The standard InChI is InChI=1S/C15H19F6NO4S/c1-22(12-5-8-2-9(6-12)4-10(3-8)7-12)11(23)13(14(16,17)18,15(19,20)21)27-26-25-24/h8-10,24H,2-7H2,1H3/p-1. The van der Waals surface area contributed by atoms with Gasteiger partial charge in [-0.25, -0.2) is 0 Å². The second-order valence-electron chi connectivity index (χ2n) is 7.90. The summed E-state index contributed by atoms with van der Waals surface area (Å²) in [5.41, 5.74) is -1.04. The molecule has 1 amide bonds. The molecule has 12 heteroatoms. The van der Waals surface area contributed by atoms with Gasteiger partial charge >= 0.3 is 17.1 Å². The molecule has 0 atom stereocenters. The Balaban J connectivity index is 1.98. The minimum Gasteiger partial charge on any atom is -0.691 e. The molecule has 0 aliphatic heterocycles. The highest BCUT2D eigenvalue weighted by Crippen LogP contribution is 2.60. The molecule has 4 fully saturated rings. The maximum Gasteiger partial charge on any atom is 0.423 e. The molecule has 0 saturated heterocycles. The first-order valence-corrected chi connectivity index (χ1v) is 9.16. The van der Waals surface area contributed by atoms with E-state index in [1.807, 2.05) is 0 Å². The number of carbonyl (C=O) groups is 1. The third-order valence-corrected chi connectivity index (χ3v) is 7.32. The molecule has 5 nitrogen and oxygen atoms in total. The Bertz CT molecular complexity index is 547. The molecule has 4 bridgehead atoms. The Morgan fingerprint density at radius 2 is 1.41 bits per heavy atom. The van der Waals surface area contributed by atoms with Crippen LogP contribution in [0.15, 0.2) is 0 Å². The maximum absolute atomic E-state index is 13.6. The van der Waals surface area contributed by atoms with Crippen LogP contribution in [0.4, 0.5) is 26.3 Å². The minimum atomic E-state index is -6.05. The first-order chi connectivity index (χ1) is 12.4. The maximum atomic E-state index is 13.6. The molecule has 0 aromatic carbocycles. The van der Waals surface area contributed by atoms with Gasteiger partial charge < -0.3 is 10.2 Å². The monoisotopic (exact) mass is 422 g/mol. The van der Waals surface area contributed by atoms with Gasteiger partial charge in [-0.05, 0) is 56.3 Å². The summed E-state index contributed by atoms with van der Waals surface area (Å²) < 4.78 is 79.8. The van der Waals surface area contributed by atoms with Crippen molar-refractivity contribution < 1.29 is 45.8 Å². The van der Waals surface area contributed by atoms with E-state index in [0.717, 1.165) is 26.3 Å². The number of hydrogen-bond acceptors (Lipinski definition) is 5. The normalized spacial score (nSPS) is 33.4. The number of carbonyl (C=O) groups excluding carboxylic acids is 1. The Hall–Kier alpha value is -0.720. The van der Waals surface area contributed by atoms with Crippen LogP contribution in [0, 0.1) is 17.8 Å². The third kappa shape index (κ3) is 3.22. The van der Waals surface area contributed by atoms with Crippen LogP contribution in [0.25, 0.3) is 0 Å². The van der Waals surface area contributed by atoms with Crippen molar-refractivity contribution >= 4 is 17.9 Å². The van der Waals surface area contributed by atoms with Crippen molar-refractivity contribution in [2.45, 2.75) is 61.2 Å². The summed E-state index contributed by atoms with van der Waals surface area (Å²) in [5.74, 6) is -1.59. The van der Waals surface area contributed by atoms with Crippen molar-refractivity contribution in [3.05, 3.63) is 0 Å². The summed E-state index contributed by atoms with van der Waals surface area (Å²) in [6.07, 6.45) is -8.26. The number of hydrogen-bond donors (Lipinski definition) is 0. The fourth-order valence-electron chi connectivity index (χ4n) is 5.53. The number of halogens is 6. The average Bonchev–Trinajstić information content (AvgIpc) is 2.50. The summed E-state index contributed by atoms with van der Waals surface area (Å²) in [6.45, 7) is 0. The lowest BCUT2D eigenvalue weighted by Crippen LogP contribution is -2.69. The van der Waals surface area contributed by atoms with Gasteiger partial charge in [-0.15, -0.1) is 0 Å². The molecule has 0 N–H and O–H groups in total. The van der Waals surface area contributed by atoms with Crippen molar-refractivity contribution in [3.8, 4) is 0 Å². The first kappa shape index (κ1) is 21.0. The summed E-state index contributed by atoms with van der Waals surface area (Å²) in [5, 5.41) is 12.7. The Labute approximate surface area is 155 Å². The minimum absolute atomic E-state index is 0.201. The van der Waals surface area contributed by atoms with E-state index < -0.39 is 40.6 Å². The molecule has 4 rings (SSSR count). The molecular weight excluding hydrogens is 404 g/mol. The van der Waals surface area contributed by atoms with Crippen molar-refractivity contribution in [1.29, 1.82) is 0 Å². The number of amides is 1. The zero-order valence-corrected chi connectivity index (χ0v) is 15.0. The summed E-state index contributed by atoms with van der Waals surface area (Å²) in [7, 11) is 0.986. The molecule has 0 aromatic heterocycles. The topological polar surface area (TPSA) is 61.8 Å². The Morgan fingerprint density at radius 1 is 1.00 bits per heavy atom. The predicted molar refractivity (Wildman–Crippen MR) is 78.3 cm³/mol. The Kier molecular flexibility index (Phi) is 5.19. The van der Waals surface area contributed by atoms with Crippen LogP contribution >= 0.6 is 12.0 Å². The fourth-order valence-corrected chi connectivity index (χ4v) is 6.05. The first-order valence-electron chi connectivity index (χ1n) is 8.42. The van der Waals surface area contributed by atoms with Crippen LogP contribution in [-0.4, -0.2) is 40.5 Å². The lowest BCUT2D eigenvalue weighted by atomic mass is 9.52. The van der Waals surface area contributed by atoms with Crippen LogP contribution in [0.2, 0.25) is 0 Å². The van der Waals surface area contributed by atoms with E-state index in [9.17, 15) is 36.4 Å². The molecule has 156 valence electrons. The van der Waals surface area contributed by atoms with Gasteiger partial charge in [0.05, 0.1) is 12.0 Å². The van der Waals surface area contributed by atoms with E-state index in [0.29, 0.717) is 24.2 Å². The molecule has 0 heterocycles. The summed E-state index contributed by atoms with van der Waals surface area (Å²) in [6, 6.07) is 0. The van der Waals surface area contributed by atoms with Crippen molar-refractivity contribution in [2.24, 2.45) is 17.8 Å². The smallest absolute Gasteiger partial charge is 0.423 e. The average molecular weight is 422 g/mol. The third-order valence-electron chi connectivity index (χ3n) is 6.31. The molecular formula is C15H18F6NO4S-. The lowest BCUT2D eigenvalue weighted by molar-refractivity contribution is -0.777. The SMILES string of the molecule is CN(C(=O)C(SOO[O-])(C(F)(F)F)C(F)(F)F)C12CC3CC(CC(C3)C1)C2. The van der Waals surface area contributed by atoms with Crippen LogP contribution < -0.4 is 5.26 Å². The van der Waals surface area contributed by atoms with Gasteiger partial charge in [-0.2, -0.15) is 30.7 Å². The highest BCUT2D eigenvalue weighted by Gasteiger charge is 2.79. The van der Waals surface area contributed by atoms with Gasteiger partial charge in [-0.3, -0.25) is 9.83 Å². The molecule has 0 aromatic rings. The largest absolute Gasteiger partial charge is 0.691 e. The fraction of sp³-hybridized carbons (Fsp3) is 0.933. The number of rotatable bonds is 5. The summed E-state index contributed by atoms with van der Waals surface area (Å²) in [4.78, 5) is 13.3. The molecule has 0 radical (unpaired) electrons. The van der Waals surface area contributed by atoms with E-state index in [2.05, 4.69) is 9.37 Å².